The highest BCUT2D eigenvalue weighted by molar-refractivity contribution is 7.10. The molecule has 2 fully saturated rings. The monoisotopic (exact) mass is 363 g/mol. The Bertz CT molecular complexity index is 706. The summed E-state index contributed by atoms with van der Waals surface area (Å²) in [7, 11) is 0. The van der Waals surface area contributed by atoms with Gasteiger partial charge in [0.05, 0.1) is 12.1 Å². The summed E-state index contributed by atoms with van der Waals surface area (Å²) in [4.78, 5) is 28.2. The van der Waals surface area contributed by atoms with E-state index in [9.17, 15) is 28.0 Å². The average molecular weight is 363 g/mol. The van der Waals surface area contributed by atoms with Crippen LogP contribution in [0.3, 0.4) is 0 Å². The standard InChI is InChI=1S/C12H12F3N5O3S/c13-12(14,15)10-17-6(4-24-10)9(21)18-8(16)7-2-1-5-3-19(7)11(22)20(5)23/h4-5,7,23H,1-3H2,(H2,16,18,21)/t5-,7+/m1/s1. The molecule has 3 amide bonds. The van der Waals surface area contributed by atoms with E-state index >= 15 is 0 Å². The van der Waals surface area contributed by atoms with Crippen molar-refractivity contribution in [2.75, 3.05) is 6.54 Å². The van der Waals surface area contributed by atoms with Crippen molar-refractivity contribution in [1.82, 2.24) is 20.3 Å². The maximum atomic E-state index is 12.5. The van der Waals surface area contributed by atoms with Crippen LogP contribution in [-0.2, 0) is 6.18 Å². The first-order valence-corrected chi connectivity index (χ1v) is 7.77. The molecule has 0 aromatic carbocycles. The van der Waals surface area contributed by atoms with E-state index in [2.05, 4.69) is 10.3 Å². The van der Waals surface area contributed by atoms with Gasteiger partial charge in [-0.15, -0.1) is 11.3 Å². The first-order chi connectivity index (χ1) is 11.2. The molecule has 0 radical (unpaired) electrons. The number of fused-ring (bicyclic) bond motifs is 2. The van der Waals surface area contributed by atoms with Crippen LogP contribution >= 0.6 is 11.3 Å². The van der Waals surface area contributed by atoms with Crippen molar-refractivity contribution in [3.8, 4) is 0 Å². The van der Waals surface area contributed by atoms with Crippen molar-refractivity contribution in [1.29, 1.82) is 5.41 Å². The lowest BCUT2D eigenvalue weighted by Crippen LogP contribution is -2.50. The molecule has 12 heteroatoms. The molecule has 3 heterocycles. The van der Waals surface area contributed by atoms with Crippen molar-refractivity contribution in [3.63, 3.8) is 0 Å². The van der Waals surface area contributed by atoms with Crippen LogP contribution in [0, 0.1) is 5.41 Å². The van der Waals surface area contributed by atoms with E-state index in [1.54, 1.807) is 0 Å². The molecule has 2 aliphatic heterocycles. The number of alkyl halides is 3. The average Bonchev–Trinajstić information content (AvgIpc) is 3.09. The number of nitrogens with zero attached hydrogens (tertiary/aromatic N) is 3. The van der Waals surface area contributed by atoms with E-state index in [0.717, 1.165) is 5.38 Å². The lowest BCUT2D eigenvalue weighted by Gasteiger charge is -2.30. The topological polar surface area (TPSA) is 110 Å². The Morgan fingerprint density at radius 3 is 2.79 bits per heavy atom. The number of hydrogen-bond acceptors (Lipinski definition) is 6. The molecule has 130 valence electrons. The fraction of sp³-hybridized carbons (Fsp3) is 0.500. The molecule has 2 atom stereocenters. The summed E-state index contributed by atoms with van der Waals surface area (Å²) in [5.74, 6) is -1.26. The molecule has 2 aliphatic rings. The zero-order valence-corrected chi connectivity index (χ0v) is 12.8. The minimum absolute atomic E-state index is 0.229. The fourth-order valence-electron chi connectivity index (χ4n) is 2.73. The molecule has 24 heavy (non-hydrogen) atoms. The quantitative estimate of drug-likeness (QED) is 0.420. The van der Waals surface area contributed by atoms with E-state index in [1.807, 2.05) is 0 Å². The Morgan fingerprint density at radius 2 is 2.17 bits per heavy atom. The number of amides is 3. The minimum Gasteiger partial charge on any atom is -0.311 e. The first kappa shape index (κ1) is 16.6. The molecular weight excluding hydrogens is 351 g/mol. The minimum atomic E-state index is -4.64. The summed E-state index contributed by atoms with van der Waals surface area (Å²) < 4.78 is 37.5. The highest BCUT2D eigenvalue weighted by Crippen LogP contribution is 2.32. The van der Waals surface area contributed by atoms with E-state index in [0.29, 0.717) is 17.9 Å². The van der Waals surface area contributed by atoms with Crippen LogP contribution in [0.4, 0.5) is 18.0 Å². The Morgan fingerprint density at radius 1 is 1.46 bits per heavy atom. The van der Waals surface area contributed by atoms with Gasteiger partial charge < -0.3 is 10.2 Å². The lowest BCUT2D eigenvalue weighted by molar-refractivity contribution is -0.137. The number of urea groups is 1. The zero-order valence-electron chi connectivity index (χ0n) is 12.0. The number of carbonyl (C=O) groups is 2. The second-order valence-electron chi connectivity index (χ2n) is 5.43. The third-order valence-corrected chi connectivity index (χ3v) is 4.79. The number of hydrogen-bond donors (Lipinski definition) is 3. The van der Waals surface area contributed by atoms with Gasteiger partial charge >= 0.3 is 12.2 Å². The van der Waals surface area contributed by atoms with Gasteiger partial charge in [0.25, 0.3) is 5.91 Å². The fourth-order valence-corrected chi connectivity index (χ4v) is 3.40. The molecule has 8 nitrogen and oxygen atoms in total. The van der Waals surface area contributed by atoms with Crippen molar-refractivity contribution in [2.24, 2.45) is 0 Å². The van der Waals surface area contributed by atoms with Gasteiger partial charge in [-0.25, -0.2) is 14.8 Å². The van der Waals surface area contributed by atoms with Gasteiger partial charge in [0, 0.05) is 11.9 Å². The number of amidine groups is 1. The van der Waals surface area contributed by atoms with Gasteiger partial charge in [-0.3, -0.25) is 15.4 Å². The summed E-state index contributed by atoms with van der Waals surface area (Å²) >= 11 is 0.288. The number of halogens is 3. The Balaban J connectivity index is 1.68. The van der Waals surface area contributed by atoms with Crippen molar-refractivity contribution < 1.29 is 28.0 Å². The van der Waals surface area contributed by atoms with Gasteiger partial charge in [-0.05, 0) is 12.8 Å². The molecule has 1 aromatic rings. The SMILES string of the molecule is N=C(NC(=O)c1csc(C(F)(F)F)n1)[C@@H]1CC[C@@H]2CN1C(=O)N2O. The van der Waals surface area contributed by atoms with Crippen molar-refractivity contribution >= 4 is 29.1 Å². The van der Waals surface area contributed by atoms with Gasteiger partial charge in [0.1, 0.15) is 11.5 Å². The van der Waals surface area contributed by atoms with Crippen LogP contribution in [0.15, 0.2) is 5.38 Å². The first-order valence-electron chi connectivity index (χ1n) is 6.89. The van der Waals surface area contributed by atoms with Crippen LogP contribution in [0.25, 0.3) is 0 Å². The maximum absolute atomic E-state index is 12.5. The molecule has 0 spiro atoms. The predicted molar refractivity (Wildman–Crippen MR) is 74.8 cm³/mol. The summed E-state index contributed by atoms with van der Waals surface area (Å²) in [5.41, 5.74) is -0.442. The molecule has 2 saturated heterocycles. The number of carbonyl (C=O) groups excluding carboxylic acids is 2. The molecule has 3 rings (SSSR count). The zero-order chi connectivity index (χ0) is 17.6. The number of hydroxylamine groups is 2. The molecule has 0 aliphatic carbocycles. The van der Waals surface area contributed by atoms with Gasteiger partial charge in [-0.2, -0.15) is 13.2 Å². The number of rotatable bonds is 2. The van der Waals surface area contributed by atoms with Gasteiger partial charge in [0.2, 0.25) is 0 Å². The summed E-state index contributed by atoms with van der Waals surface area (Å²) in [6.45, 7) is 0.229. The van der Waals surface area contributed by atoms with Gasteiger partial charge in [-0.1, -0.05) is 0 Å². The summed E-state index contributed by atoms with van der Waals surface area (Å²) in [5, 5.41) is 20.1. The van der Waals surface area contributed by atoms with Crippen LogP contribution in [-0.4, -0.2) is 56.6 Å². The molecule has 2 bridgehead atoms. The maximum Gasteiger partial charge on any atom is 0.443 e. The van der Waals surface area contributed by atoms with Crippen LogP contribution < -0.4 is 5.32 Å². The largest absolute Gasteiger partial charge is 0.443 e. The molecule has 1 aromatic heterocycles. The smallest absolute Gasteiger partial charge is 0.311 e. The van der Waals surface area contributed by atoms with Gasteiger partial charge in [0.15, 0.2) is 5.01 Å². The number of piperidine rings is 1. The van der Waals surface area contributed by atoms with Crippen LogP contribution in [0.1, 0.15) is 28.3 Å². The highest BCUT2D eigenvalue weighted by Gasteiger charge is 2.46. The normalized spacial score (nSPS) is 23.6. The Hall–Kier alpha value is -2.21. The second kappa shape index (κ2) is 5.70. The van der Waals surface area contributed by atoms with Crippen LogP contribution in [0.2, 0.25) is 0 Å². The van der Waals surface area contributed by atoms with Crippen molar-refractivity contribution in [3.05, 3.63) is 16.1 Å². The lowest BCUT2D eigenvalue weighted by atomic mass is 10.00. The predicted octanol–water partition coefficient (Wildman–Crippen LogP) is 1.53. The molecule has 0 unspecified atom stereocenters. The number of thiazole rings is 1. The number of aromatic nitrogens is 1. The summed E-state index contributed by atoms with van der Waals surface area (Å²) in [6, 6.07) is -1.74. The second-order valence-corrected chi connectivity index (χ2v) is 6.29. The molecular formula is C12H12F3N5O3S. The van der Waals surface area contributed by atoms with E-state index in [-0.39, 0.29) is 29.8 Å². The van der Waals surface area contributed by atoms with E-state index in [1.165, 1.54) is 4.90 Å². The third-order valence-electron chi connectivity index (χ3n) is 3.91. The summed E-state index contributed by atoms with van der Waals surface area (Å²) in [6.07, 6.45) is -3.82. The Labute approximate surface area is 137 Å². The molecule has 0 saturated carbocycles. The Kier molecular flexibility index (Phi) is 3.95. The van der Waals surface area contributed by atoms with Crippen molar-refractivity contribution in [2.45, 2.75) is 31.1 Å². The molecule has 3 N–H and O–H groups in total. The van der Waals surface area contributed by atoms with E-state index < -0.39 is 34.9 Å². The number of nitrogens with one attached hydrogen (secondary N) is 2. The highest BCUT2D eigenvalue weighted by atomic mass is 32.1. The van der Waals surface area contributed by atoms with Crippen LogP contribution in [0.5, 0.6) is 0 Å². The third kappa shape index (κ3) is 2.82. The van der Waals surface area contributed by atoms with E-state index in [4.69, 9.17) is 5.41 Å².